The van der Waals surface area contributed by atoms with E-state index in [1.54, 1.807) is 12.3 Å². The van der Waals surface area contributed by atoms with E-state index in [0.29, 0.717) is 10.8 Å². The first-order chi connectivity index (χ1) is 15.3. The first kappa shape index (κ1) is 19.8. The molecule has 2 aromatic heterocycles. The summed E-state index contributed by atoms with van der Waals surface area (Å²) in [5, 5.41) is 6.20. The smallest absolute Gasteiger partial charge is 0.276 e. The van der Waals surface area contributed by atoms with E-state index >= 15 is 0 Å². The number of thiazole rings is 1. The normalized spacial score (nSPS) is 14.6. The third-order valence-corrected chi connectivity index (χ3v) is 6.04. The van der Waals surface area contributed by atoms with Crippen molar-refractivity contribution in [2.24, 2.45) is 0 Å². The maximum atomic E-state index is 12.7. The number of nitrogens with zero attached hydrogens (tertiary/aromatic N) is 3. The highest BCUT2D eigenvalue weighted by Crippen LogP contribution is 2.29. The van der Waals surface area contributed by atoms with E-state index in [1.807, 2.05) is 23.6 Å². The number of fused-ring (bicyclic) bond motifs is 1. The molecule has 0 saturated carbocycles. The zero-order chi connectivity index (χ0) is 21.0. The molecule has 1 fully saturated rings. The number of amides is 1. The van der Waals surface area contributed by atoms with Gasteiger partial charge in [-0.3, -0.25) is 15.0 Å². The Kier molecular flexibility index (Phi) is 5.71. The predicted molar refractivity (Wildman–Crippen MR) is 123 cm³/mol. The van der Waals surface area contributed by atoms with E-state index in [2.05, 4.69) is 45.5 Å². The molecule has 1 aliphatic rings. The van der Waals surface area contributed by atoms with Gasteiger partial charge in [-0.25, -0.2) is 9.97 Å². The van der Waals surface area contributed by atoms with Crippen molar-refractivity contribution in [1.29, 1.82) is 0 Å². The molecular formula is C24H22N4O2S. The average Bonchev–Trinajstić information content (AvgIpc) is 3.32. The molecule has 1 saturated heterocycles. The first-order valence-electron chi connectivity index (χ1n) is 10.3. The number of carbonyl (C=O) groups excluding carboxylic acids is 1. The van der Waals surface area contributed by atoms with E-state index in [-0.39, 0.29) is 5.91 Å². The topological polar surface area (TPSA) is 67.4 Å². The minimum absolute atomic E-state index is 0.257. The Morgan fingerprint density at radius 1 is 1.10 bits per heavy atom. The standard InChI is InChI=1S/C24H22N4O2S/c29-23(27-24-25-9-14-31-24)21-8-7-18-4-2-6-20(22(18)26-21)19-5-1-3-17(15-19)16-28-10-12-30-13-11-28/h1-9,14-15H,10-13,16H2,(H,25,27,29). The Morgan fingerprint density at radius 2 is 1.97 bits per heavy atom. The van der Waals surface area contributed by atoms with Crippen LogP contribution in [-0.2, 0) is 11.3 Å². The van der Waals surface area contributed by atoms with Crippen molar-refractivity contribution < 1.29 is 9.53 Å². The van der Waals surface area contributed by atoms with Crippen molar-refractivity contribution in [3.8, 4) is 11.1 Å². The summed E-state index contributed by atoms with van der Waals surface area (Å²) in [5.74, 6) is -0.257. The molecule has 31 heavy (non-hydrogen) atoms. The Hall–Kier alpha value is -3.13. The largest absolute Gasteiger partial charge is 0.379 e. The fraction of sp³-hybridized carbons (Fsp3) is 0.208. The molecule has 1 amide bonds. The average molecular weight is 431 g/mol. The molecular weight excluding hydrogens is 408 g/mol. The molecule has 2 aromatic carbocycles. The summed E-state index contributed by atoms with van der Waals surface area (Å²) in [4.78, 5) is 23.9. The summed E-state index contributed by atoms with van der Waals surface area (Å²) in [7, 11) is 0. The van der Waals surface area contributed by atoms with Crippen LogP contribution in [0.2, 0.25) is 0 Å². The fourth-order valence-electron chi connectivity index (χ4n) is 3.81. The molecule has 0 unspecified atom stereocenters. The SMILES string of the molecule is O=C(Nc1nccs1)c1ccc2cccc(-c3cccc(CN4CCOCC4)c3)c2n1. The summed E-state index contributed by atoms with van der Waals surface area (Å²) in [5.41, 5.74) is 4.57. The molecule has 1 N–H and O–H groups in total. The number of para-hydroxylation sites is 1. The van der Waals surface area contributed by atoms with Crippen molar-refractivity contribution in [3.63, 3.8) is 0 Å². The second-order valence-electron chi connectivity index (χ2n) is 7.45. The molecule has 156 valence electrons. The number of benzene rings is 2. The van der Waals surface area contributed by atoms with Gasteiger partial charge in [0.25, 0.3) is 5.91 Å². The van der Waals surface area contributed by atoms with Gasteiger partial charge in [0.05, 0.1) is 18.7 Å². The number of nitrogens with one attached hydrogen (secondary N) is 1. The van der Waals surface area contributed by atoms with Crippen LogP contribution in [0.15, 0.2) is 66.2 Å². The summed E-state index contributed by atoms with van der Waals surface area (Å²) in [6.07, 6.45) is 1.66. The number of hydrogen-bond donors (Lipinski definition) is 1. The van der Waals surface area contributed by atoms with Gasteiger partial charge in [0.15, 0.2) is 5.13 Å². The van der Waals surface area contributed by atoms with Gasteiger partial charge in [0, 0.05) is 42.2 Å². The van der Waals surface area contributed by atoms with Gasteiger partial charge in [-0.2, -0.15) is 0 Å². The molecule has 5 rings (SSSR count). The van der Waals surface area contributed by atoms with E-state index in [0.717, 1.165) is 54.9 Å². The van der Waals surface area contributed by atoms with Gasteiger partial charge >= 0.3 is 0 Å². The third-order valence-electron chi connectivity index (χ3n) is 5.35. The van der Waals surface area contributed by atoms with E-state index in [1.165, 1.54) is 16.9 Å². The van der Waals surface area contributed by atoms with Crippen LogP contribution in [0.4, 0.5) is 5.13 Å². The number of rotatable bonds is 5. The zero-order valence-corrected chi connectivity index (χ0v) is 17.8. The molecule has 3 heterocycles. The quantitative estimate of drug-likeness (QED) is 0.507. The van der Waals surface area contributed by atoms with Crippen LogP contribution >= 0.6 is 11.3 Å². The van der Waals surface area contributed by atoms with Crippen LogP contribution in [0.1, 0.15) is 16.1 Å². The van der Waals surface area contributed by atoms with Crippen molar-refractivity contribution >= 4 is 33.3 Å². The maximum absolute atomic E-state index is 12.7. The van der Waals surface area contributed by atoms with Crippen molar-refractivity contribution in [2.75, 3.05) is 31.6 Å². The summed E-state index contributed by atoms with van der Waals surface area (Å²) < 4.78 is 5.46. The number of aromatic nitrogens is 2. The van der Waals surface area contributed by atoms with Gasteiger partial charge in [-0.05, 0) is 23.3 Å². The van der Waals surface area contributed by atoms with Crippen molar-refractivity contribution in [3.05, 3.63) is 77.4 Å². The zero-order valence-electron chi connectivity index (χ0n) is 17.0. The Balaban J connectivity index is 1.46. The molecule has 0 atom stereocenters. The van der Waals surface area contributed by atoms with Crippen LogP contribution < -0.4 is 5.32 Å². The summed E-state index contributed by atoms with van der Waals surface area (Å²) in [6.45, 7) is 4.39. The highest BCUT2D eigenvalue weighted by Gasteiger charge is 2.14. The number of pyridine rings is 1. The van der Waals surface area contributed by atoms with E-state index < -0.39 is 0 Å². The van der Waals surface area contributed by atoms with Gasteiger partial charge < -0.3 is 4.74 Å². The Bertz CT molecular complexity index is 1200. The van der Waals surface area contributed by atoms with Crippen LogP contribution in [-0.4, -0.2) is 47.1 Å². The Morgan fingerprint density at radius 3 is 2.81 bits per heavy atom. The lowest BCUT2D eigenvalue weighted by atomic mass is 9.99. The Labute approximate surface area is 184 Å². The van der Waals surface area contributed by atoms with Crippen molar-refractivity contribution in [2.45, 2.75) is 6.54 Å². The van der Waals surface area contributed by atoms with Gasteiger partial charge in [0.1, 0.15) is 5.69 Å². The number of anilines is 1. The van der Waals surface area contributed by atoms with Crippen LogP contribution in [0.5, 0.6) is 0 Å². The second kappa shape index (κ2) is 8.93. The lowest BCUT2D eigenvalue weighted by molar-refractivity contribution is 0.0342. The summed E-state index contributed by atoms with van der Waals surface area (Å²) in [6, 6.07) is 18.4. The van der Waals surface area contributed by atoms with E-state index in [4.69, 9.17) is 9.72 Å². The number of carbonyl (C=O) groups is 1. The van der Waals surface area contributed by atoms with Gasteiger partial charge in [0.2, 0.25) is 0 Å². The molecule has 1 aliphatic heterocycles. The van der Waals surface area contributed by atoms with Gasteiger partial charge in [-0.1, -0.05) is 42.5 Å². The first-order valence-corrected chi connectivity index (χ1v) is 11.1. The molecule has 0 spiro atoms. The lowest BCUT2D eigenvalue weighted by Crippen LogP contribution is -2.35. The number of morpholine rings is 1. The van der Waals surface area contributed by atoms with Crippen LogP contribution in [0.3, 0.4) is 0 Å². The molecule has 0 aliphatic carbocycles. The van der Waals surface area contributed by atoms with Crippen molar-refractivity contribution in [1.82, 2.24) is 14.9 Å². The highest BCUT2D eigenvalue weighted by molar-refractivity contribution is 7.13. The maximum Gasteiger partial charge on any atom is 0.276 e. The van der Waals surface area contributed by atoms with Crippen LogP contribution in [0, 0.1) is 0 Å². The van der Waals surface area contributed by atoms with Crippen LogP contribution in [0.25, 0.3) is 22.0 Å². The van der Waals surface area contributed by atoms with Gasteiger partial charge in [-0.15, -0.1) is 11.3 Å². The highest BCUT2D eigenvalue weighted by atomic mass is 32.1. The molecule has 4 aromatic rings. The summed E-state index contributed by atoms with van der Waals surface area (Å²) >= 11 is 1.38. The molecule has 7 heteroatoms. The molecule has 6 nitrogen and oxygen atoms in total. The number of ether oxygens (including phenoxy) is 1. The predicted octanol–water partition coefficient (Wildman–Crippen LogP) is 4.44. The number of hydrogen-bond acceptors (Lipinski definition) is 6. The second-order valence-corrected chi connectivity index (χ2v) is 8.35. The minimum atomic E-state index is -0.257. The molecule has 0 radical (unpaired) electrons. The fourth-order valence-corrected chi connectivity index (χ4v) is 4.33. The molecule has 0 bridgehead atoms. The monoisotopic (exact) mass is 430 g/mol. The van der Waals surface area contributed by atoms with E-state index in [9.17, 15) is 4.79 Å². The lowest BCUT2D eigenvalue weighted by Gasteiger charge is -2.26. The third kappa shape index (κ3) is 4.49. The minimum Gasteiger partial charge on any atom is -0.379 e.